The zero-order valence-corrected chi connectivity index (χ0v) is 8.86. The van der Waals surface area contributed by atoms with E-state index in [4.69, 9.17) is 5.11 Å². The minimum atomic E-state index is -0.752. The van der Waals surface area contributed by atoms with Gasteiger partial charge in [-0.3, -0.25) is 9.69 Å². The number of H-pyrrole nitrogens is 1. The molecule has 82 valence electrons. The average molecular weight is 208 g/mol. The second kappa shape index (κ2) is 4.06. The van der Waals surface area contributed by atoms with Gasteiger partial charge in [0.15, 0.2) is 0 Å². The third-order valence-corrected chi connectivity index (χ3v) is 3.14. The normalized spacial score (nSPS) is 20.3. The summed E-state index contributed by atoms with van der Waals surface area (Å²) < 4.78 is 0. The summed E-state index contributed by atoms with van der Waals surface area (Å²) >= 11 is 0. The van der Waals surface area contributed by atoms with Crippen molar-refractivity contribution < 1.29 is 9.90 Å². The number of nitrogens with one attached hydrogen (secondary N) is 1. The predicted molar refractivity (Wildman–Crippen MR) is 56.9 cm³/mol. The molecule has 0 saturated carbocycles. The number of rotatable bonds is 3. The van der Waals surface area contributed by atoms with E-state index in [-0.39, 0.29) is 6.54 Å². The Bertz CT molecular complexity index is 359. The summed E-state index contributed by atoms with van der Waals surface area (Å²) in [4.78, 5) is 15.6. The number of hydrogen-bond acceptors (Lipinski definition) is 2. The molecule has 1 heterocycles. The summed E-state index contributed by atoms with van der Waals surface area (Å²) in [5.41, 5.74) is 2.72. The standard InChI is InChI=1S/C11H16N2O2/c1-13(7-11(14)15)10-3-2-8-5-12-6-9(8)4-10/h5-6,10,12H,2-4,7H2,1H3,(H,14,15). The van der Waals surface area contributed by atoms with Crippen molar-refractivity contribution in [2.24, 2.45) is 0 Å². The molecule has 2 rings (SSSR count). The maximum atomic E-state index is 10.6. The number of aromatic amines is 1. The first-order chi connectivity index (χ1) is 7.16. The van der Waals surface area contributed by atoms with Crippen LogP contribution in [0, 0.1) is 0 Å². The van der Waals surface area contributed by atoms with Crippen molar-refractivity contribution in [3.05, 3.63) is 23.5 Å². The number of likely N-dealkylation sites (N-methyl/N-ethyl adjacent to an activating group) is 1. The fraction of sp³-hybridized carbons (Fsp3) is 0.545. The molecule has 15 heavy (non-hydrogen) atoms. The highest BCUT2D eigenvalue weighted by Crippen LogP contribution is 2.23. The lowest BCUT2D eigenvalue weighted by Gasteiger charge is -2.30. The van der Waals surface area contributed by atoms with E-state index in [1.165, 1.54) is 11.1 Å². The van der Waals surface area contributed by atoms with Crippen LogP contribution in [-0.4, -0.2) is 40.6 Å². The fourth-order valence-electron chi connectivity index (χ4n) is 2.25. The smallest absolute Gasteiger partial charge is 0.317 e. The zero-order chi connectivity index (χ0) is 10.8. The van der Waals surface area contributed by atoms with E-state index in [9.17, 15) is 4.79 Å². The van der Waals surface area contributed by atoms with Crippen molar-refractivity contribution in [2.75, 3.05) is 13.6 Å². The Kier molecular flexibility index (Phi) is 2.77. The minimum absolute atomic E-state index is 0.129. The Hall–Kier alpha value is -1.29. The van der Waals surface area contributed by atoms with Crippen LogP contribution in [0.2, 0.25) is 0 Å². The van der Waals surface area contributed by atoms with Crippen molar-refractivity contribution >= 4 is 5.97 Å². The van der Waals surface area contributed by atoms with Gasteiger partial charge in [0, 0.05) is 18.4 Å². The van der Waals surface area contributed by atoms with E-state index in [2.05, 4.69) is 4.98 Å². The van der Waals surface area contributed by atoms with Crippen LogP contribution in [0.3, 0.4) is 0 Å². The second-order valence-corrected chi connectivity index (χ2v) is 4.21. The molecule has 0 aromatic carbocycles. The molecule has 1 aliphatic rings. The Morgan fingerprint density at radius 1 is 1.60 bits per heavy atom. The van der Waals surface area contributed by atoms with Gasteiger partial charge >= 0.3 is 5.97 Å². The van der Waals surface area contributed by atoms with Crippen LogP contribution in [-0.2, 0) is 17.6 Å². The van der Waals surface area contributed by atoms with Gasteiger partial charge < -0.3 is 10.1 Å². The van der Waals surface area contributed by atoms with Crippen molar-refractivity contribution in [3.8, 4) is 0 Å². The molecule has 2 N–H and O–H groups in total. The van der Waals surface area contributed by atoms with Crippen LogP contribution >= 0.6 is 0 Å². The lowest BCUT2D eigenvalue weighted by molar-refractivity contribution is -0.138. The molecule has 1 aliphatic carbocycles. The summed E-state index contributed by atoms with van der Waals surface area (Å²) in [6.07, 6.45) is 7.13. The van der Waals surface area contributed by atoms with Gasteiger partial charge in [-0.25, -0.2) is 0 Å². The third-order valence-electron chi connectivity index (χ3n) is 3.14. The largest absolute Gasteiger partial charge is 0.480 e. The first-order valence-electron chi connectivity index (χ1n) is 5.23. The quantitative estimate of drug-likeness (QED) is 0.775. The molecule has 0 amide bonds. The maximum absolute atomic E-state index is 10.6. The molecule has 0 radical (unpaired) electrons. The Morgan fingerprint density at radius 3 is 3.07 bits per heavy atom. The Labute approximate surface area is 88.9 Å². The molecule has 1 atom stereocenters. The molecular formula is C11H16N2O2. The zero-order valence-electron chi connectivity index (χ0n) is 8.86. The van der Waals surface area contributed by atoms with Crippen LogP contribution in [0.15, 0.2) is 12.4 Å². The lowest BCUT2D eigenvalue weighted by atomic mass is 9.91. The van der Waals surface area contributed by atoms with E-state index in [1.54, 1.807) is 0 Å². The maximum Gasteiger partial charge on any atom is 0.317 e. The highest BCUT2D eigenvalue weighted by molar-refractivity contribution is 5.69. The highest BCUT2D eigenvalue weighted by atomic mass is 16.4. The van der Waals surface area contributed by atoms with Gasteiger partial charge in [-0.2, -0.15) is 0 Å². The number of aryl methyl sites for hydroxylation is 1. The summed E-state index contributed by atoms with van der Waals surface area (Å²) in [5, 5.41) is 8.72. The number of nitrogens with zero attached hydrogens (tertiary/aromatic N) is 1. The topological polar surface area (TPSA) is 56.3 Å². The molecule has 0 saturated heterocycles. The number of carboxylic acid groups (broad SMARTS) is 1. The molecule has 0 bridgehead atoms. The van der Waals surface area contributed by atoms with Crippen molar-refractivity contribution in [1.82, 2.24) is 9.88 Å². The van der Waals surface area contributed by atoms with Gasteiger partial charge in [0.1, 0.15) is 0 Å². The summed E-state index contributed by atoms with van der Waals surface area (Å²) in [7, 11) is 1.89. The SMILES string of the molecule is CN(CC(=O)O)C1CCc2c[nH]cc2C1. The first kappa shape index (κ1) is 10.2. The van der Waals surface area contributed by atoms with E-state index in [1.807, 2.05) is 24.3 Å². The van der Waals surface area contributed by atoms with E-state index < -0.39 is 5.97 Å². The van der Waals surface area contributed by atoms with Gasteiger partial charge in [0.2, 0.25) is 0 Å². The van der Waals surface area contributed by atoms with Crippen LogP contribution < -0.4 is 0 Å². The predicted octanol–water partition coefficient (Wildman–Crippen LogP) is 0.888. The Balaban J connectivity index is 2.00. The average Bonchev–Trinajstić information content (AvgIpc) is 2.62. The molecule has 4 nitrogen and oxygen atoms in total. The van der Waals surface area contributed by atoms with Gasteiger partial charge in [-0.1, -0.05) is 0 Å². The van der Waals surface area contributed by atoms with Crippen LogP contribution in [0.4, 0.5) is 0 Å². The molecule has 0 aliphatic heterocycles. The molecule has 0 spiro atoms. The van der Waals surface area contributed by atoms with Gasteiger partial charge in [-0.15, -0.1) is 0 Å². The summed E-state index contributed by atoms with van der Waals surface area (Å²) in [6.45, 7) is 0.129. The number of aromatic nitrogens is 1. The molecule has 1 unspecified atom stereocenters. The highest BCUT2D eigenvalue weighted by Gasteiger charge is 2.23. The number of carboxylic acids is 1. The van der Waals surface area contributed by atoms with Crippen LogP contribution in [0.1, 0.15) is 17.5 Å². The third kappa shape index (κ3) is 2.21. The van der Waals surface area contributed by atoms with Gasteiger partial charge in [0.05, 0.1) is 6.54 Å². The van der Waals surface area contributed by atoms with Crippen LogP contribution in [0.5, 0.6) is 0 Å². The number of aliphatic carboxylic acids is 1. The van der Waals surface area contributed by atoms with E-state index in [0.29, 0.717) is 6.04 Å². The molecule has 4 heteroatoms. The van der Waals surface area contributed by atoms with Crippen molar-refractivity contribution in [2.45, 2.75) is 25.3 Å². The number of fused-ring (bicyclic) bond motifs is 1. The molecule has 1 aromatic rings. The van der Waals surface area contributed by atoms with E-state index >= 15 is 0 Å². The molecular weight excluding hydrogens is 192 g/mol. The fourth-order valence-corrected chi connectivity index (χ4v) is 2.25. The Morgan fingerprint density at radius 2 is 2.33 bits per heavy atom. The molecule has 1 aromatic heterocycles. The van der Waals surface area contributed by atoms with Gasteiger partial charge in [0.25, 0.3) is 0 Å². The number of carbonyl (C=O) groups is 1. The second-order valence-electron chi connectivity index (χ2n) is 4.21. The van der Waals surface area contributed by atoms with E-state index in [0.717, 1.165) is 19.3 Å². The lowest BCUT2D eigenvalue weighted by Crippen LogP contribution is -2.39. The monoisotopic (exact) mass is 208 g/mol. The first-order valence-corrected chi connectivity index (χ1v) is 5.23. The van der Waals surface area contributed by atoms with Crippen molar-refractivity contribution in [1.29, 1.82) is 0 Å². The number of hydrogen-bond donors (Lipinski definition) is 2. The van der Waals surface area contributed by atoms with Crippen LogP contribution in [0.25, 0.3) is 0 Å². The van der Waals surface area contributed by atoms with Crippen molar-refractivity contribution in [3.63, 3.8) is 0 Å². The summed E-state index contributed by atoms with van der Waals surface area (Å²) in [6, 6.07) is 0.365. The minimum Gasteiger partial charge on any atom is -0.480 e. The molecule has 0 fully saturated rings. The summed E-state index contributed by atoms with van der Waals surface area (Å²) in [5.74, 6) is -0.752. The van der Waals surface area contributed by atoms with Gasteiger partial charge in [-0.05, 0) is 37.4 Å².